The second-order valence-corrected chi connectivity index (χ2v) is 30.7. The van der Waals surface area contributed by atoms with Crippen LogP contribution in [0.25, 0.3) is 0 Å². The van der Waals surface area contributed by atoms with Crippen LogP contribution in [0.4, 0.5) is 0 Å². The highest BCUT2D eigenvalue weighted by atomic mass is 32.2. The summed E-state index contributed by atoms with van der Waals surface area (Å²) in [5.41, 5.74) is 29.1. The van der Waals surface area contributed by atoms with E-state index in [1.807, 2.05) is 65.6 Å². The van der Waals surface area contributed by atoms with Gasteiger partial charge in [-0.25, -0.2) is 0 Å². The Bertz CT molecular complexity index is 4210. The summed E-state index contributed by atoms with van der Waals surface area (Å²) in [6.45, 7) is 0.688. The number of fused-ring (bicyclic) bond motifs is 14. The van der Waals surface area contributed by atoms with Gasteiger partial charge in [0, 0.05) is 36.7 Å². The molecular weight excluding hydrogens is 1400 g/mol. The molecule has 14 aromatic carbocycles. The molecule has 0 saturated carbocycles. The minimum Gasteiger partial charge on any atom is -0.489 e. The number of benzene rings is 14. The van der Waals surface area contributed by atoms with Crippen LogP contribution in [0.5, 0.6) is 17.2 Å². The molecule has 0 aromatic heterocycles. The largest absolute Gasteiger partial charge is 0.489 e. The fourth-order valence-corrected chi connectivity index (χ4v) is 18.3. The van der Waals surface area contributed by atoms with E-state index in [4.69, 9.17) is 9.47 Å². The molecule has 2 nitrogen and oxygen atoms in total. The topological polar surface area (TPSA) is 18.5 Å². The molecule has 2 aliphatic carbocycles. The molecule has 0 radical (unpaired) electrons. The lowest BCUT2D eigenvalue weighted by molar-refractivity contribution is 0.299. The molecule has 566 valence electrons. The quantitative estimate of drug-likeness (QED) is 0.150. The molecule has 0 bridgehead atoms. The fraction of sp³-hybridized carbons (Fsp3) is 0.208. The Balaban J connectivity index is 0.000000148. The predicted octanol–water partition coefficient (Wildman–Crippen LogP) is 29.1. The van der Waals surface area contributed by atoms with Crippen molar-refractivity contribution in [3.63, 3.8) is 0 Å². The van der Waals surface area contributed by atoms with Crippen LogP contribution in [0.2, 0.25) is 0 Å². The molecule has 0 saturated heterocycles. The van der Waals surface area contributed by atoms with Gasteiger partial charge in [-0.2, -0.15) is 0 Å². The van der Waals surface area contributed by atoms with Crippen LogP contribution >= 0.6 is 35.3 Å². The van der Waals surface area contributed by atoms with Gasteiger partial charge in [-0.3, -0.25) is 0 Å². The molecule has 5 heterocycles. The molecule has 0 spiro atoms. The van der Waals surface area contributed by atoms with Gasteiger partial charge in [0.1, 0.15) is 23.9 Å². The Morgan fingerprint density at radius 3 is 0.775 bits per heavy atom. The zero-order valence-electron chi connectivity index (χ0n) is 59.7. The summed E-state index contributed by atoms with van der Waals surface area (Å²) in [4.78, 5) is 7.11. The van der Waals surface area contributed by atoms with E-state index in [-0.39, 0.29) is 44.6 Å². The van der Waals surface area contributed by atoms with Gasteiger partial charge in [-0.15, -0.1) is 11.8 Å². The standard InChI is InChI=1S/C16H16.C15H14O.C15H14S.C14H12S.C14H12.C13H10O.C13H10S.6CH4/c1-2-6-14-11-12-16-8-4-3-7-15(16)10-9-13(14)5-1;2*1-2-7-14-11-16-15-8-4-3-6-13(15)10-9-12(14)5-1;1-3-7-13-11(5-1)9-10-12-6-2-4-8-14(12)15-13;1-2-6-12-10-14-8-4-3-7-13(14)9-11(12)5-1;2*1-3-7-12-10(5-1)9-11-6-2-4-8-13(11)14-12;;;;;;/h1-8H,9-12H2;2*1-8H,9-11H2;1-8H,9-10H2;1-8H,9-10H2;2*1-8H,9H2;6*1H4. The summed E-state index contributed by atoms with van der Waals surface area (Å²) in [6, 6.07) is 121. The van der Waals surface area contributed by atoms with E-state index in [0.717, 1.165) is 61.5 Å². The van der Waals surface area contributed by atoms with Crippen LogP contribution in [-0.2, 0) is 102 Å². The van der Waals surface area contributed by atoms with Gasteiger partial charge in [-0.1, -0.05) is 359 Å². The Kier molecular flexibility index (Phi) is 32.7. The smallest absolute Gasteiger partial charge is 0.130 e. The lowest BCUT2D eigenvalue weighted by atomic mass is 9.86. The van der Waals surface area contributed by atoms with E-state index in [1.165, 1.54) is 187 Å². The first-order valence-corrected chi connectivity index (χ1v) is 40.0. The molecule has 14 aromatic rings. The molecular formula is C106H112O2S3. The van der Waals surface area contributed by atoms with Crippen molar-refractivity contribution in [1.82, 2.24) is 0 Å². The van der Waals surface area contributed by atoms with Crippen molar-refractivity contribution in [2.75, 3.05) is 0 Å². The molecule has 0 N–H and O–H groups in total. The SMILES string of the molecule is C.C.C.C.C.C.c1ccc2c(c1)CCc1ccccc1CC2.c1ccc2c(c1)CCc1ccccc1OC2.c1ccc2c(c1)CCc1ccccc1S2.c1ccc2c(c1)CCc1ccccc1SC2.c1ccc2c(c1)Cc1ccccc1C2.c1ccc2c(c1)Cc1ccccc1O2.c1ccc2c(c1)Cc1ccccc1S2. The van der Waals surface area contributed by atoms with Crippen molar-refractivity contribution < 1.29 is 9.47 Å². The van der Waals surface area contributed by atoms with Crippen LogP contribution in [0.3, 0.4) is 0 Å². The average molecular weight is 1510 g/mol. The summed E-state index contributed by atoms with van der Waals surface area (Å²) in [5.74, 6) is 4.13. The van der Waals surface area contributed by atoms with Crippen molar-refractivity contribution >= 4 is 35.3 Å². The third-order valence-electron chi connectivity index (χ3n) is 20.8. The summed E-state index contributed by atoms with van der Waals surface area (Å²) in [5, 5.41) is 0. The van der Waals surface area contributed by atoms with Gasteiger partial charge in [0.05, 0.1) is 0 Å². The third-order valence-corrected chi connectivity index (χ3v) is 24.4. The van der Waals surface area contributed by atoms with Crippen molar-refractivity contribution in [3.8, 4) is 17.2 Å². The monoisotopic (exact) mass is 1510 g/mol. The maximum Gasteiger partial charge on any atom is 0.130 e. The second-order valence-electron chi connectivity index (χ2n) is 27.6. The van der Waals surface area contributed by atoms with Gasteiger partial charge in [0.2, 0.25) is 0 Å². The number of ether oxygens (including phenoxy) is 2. The third kappa shape index (κ3) is 22.3. The fourth-order valence-electron chi connectivity index (χ4n) is 14.9. The molecule has 0 fully saturated rings. The van der Waals surface area contributed by atoms with Gasteiger partial charge in [-0.05, 0) is 243 Å². The van der Waals surface area contributed by atoms with Crippen LogP contribution < -0.4 is 9.47 Å². The maximum absolute atomic E-state index is 5.85. The van der Waals surface area contributed by atoms with Crippen molar-refractivity contribution in [2.45, 2.75) is 171 Å². The second kappa shape index (κ2) is 42.8. The molecule has 111 heavy (non-hydrogen) atoms. The predicted molar refractivity (Wildman–Crippen MR) is 481 cm³/mol. The van der Waals surface area contributed by atoms with Crippen LogP contribution in [0.1, 0.15) is 156 Å². The molecule has 7 aliphatic rings. The van der Waals surface area contributed by atoms with E-state index in [2.05, 4.69) is 309 Å². The van der Waals surface area contributed by atoms with Crippen LogP contribution in [-0.4, -0.2) is 0 Å². The summed E-state index contributed by atoms with van der Waals surface area (Å²) < 4.78 is 11.6. The van der Waals surface area contributed by atoms with Crippen molar-refractivity contribution in [2.24, 2.45) is 0 Å². The van der Waals surface area contributed by atoms with Crippen LogP contribution in [0.15, 0.2) is 364 Å². The Morgan fingerprint density at radius 1 is 0.171 bits per heavy atom. The number of hydrogen-bond acceptors (Lipinski definition) is 5. The summed E-state index contributed by atoms with van der Waals surface area (Å²) >= 11 is 5.75. The minimum absolute atomic E-state index is 0. The maximum atomic E-state index is 5.85. The molecule has 21 rings (SSSR count). The van der Waals surface area contributed by atoms with Crippen LogP contribution in [0, 0.1) is 0 Å². The van der Waals surface area contributed by atoms with Gasteiger partial charge < -0.3 is 9.47 Å². The number of aryl methyl sites for hydroxylation is 10. The normalized spacial score (nSPS) is 13.0. The molecule has 0 atom stereocenters. The summed E-state index contributed by atoms with van der Waals surface area (Å²) in [7, 11) is 0. The van der Waals surface area contributed by atoms with Gasteiger partial charge in [0.15, 0.2) is 0 Å². The summed E-state index contributed by atoms with van der Waals surface area (Å²) in [6.07, 6.45) is 15.9. The lowest BCUT2D eigenvalue weighted by Crippen LogP contribution is -2.07. The van der Waals surface area contributed by atoms with E-state index in [9.17, 15) is 0 Å². The first-order chi connectivity index (χ1) is 52.0. The number of thioether (sulfide) groups is 1. The molecule has 5 aliphatic heterocycles. The van der Waals surface area contributed by atoms with Gasteiger partial charge in [0.25, 0.3) is 0 Å². The van der Waals surface area contributed by atoms with Crippen molar-refractivity contribution in [3.05, 3.63) is 451 Å². The zero-order valence-corrected chi connectivity index (χ0v) is 62.1. The number of rotatable bonds is 0. The molecule has 0 unspecified atom stereocenters. The zero-order chi connectivity index (χ0) is 70.6. The van der Waals surface area contributed by atoms with Gasteiger partial charge >= 0.3 is 0 Å². The van der Waals surface area contributed by atoms with E-state index in [0.29, 0.717) is 6.61 Å². The van der Waals surface area contributed by atoms with E-state index < -0.39 is 0 Å². The molecule has 0 amide bonds. The first kappa shape index (κ1) is 84.7. The van der Waals surface area contributed by atoms with E-state index in [1.54, 1.807) is 0 Å². The van der Waals surface area contributed by atoms with E-state index >= 15 is 0 Å². The Morgan fingerprint density at radius 2 is 0.387 bits per heavy atom. The Hall–Kier alpha value is -10.3. The highest BCUT2D eigenvalue weighted by molar-refractivity contribution is 7.99. The number of hydrogen-bond donors (Lipinski definition) is 0. The highest BCUT2D eigenvalue weighted by Crippen LogP contribution is 2.41. The molecule has 5 heteroatoms. The minimum atomic E-state index is 0. The van der Waals surface area contributed by atoms with Crippen molar-refractivity contribution in [1.29, 1.82) is 0 Å². The Labute approximate surface area is 679 Å². The highest BCUT2D eigenvalue weighted by Gasteiger charge is 2.19. The number of para-hydroxylation sites is 3. The lowest BCUT2D eigenvalue weighted by Gasteiger charge is -2.19. The average Bonchev–Trinajstić information content (AvgIpc) is 1.44. The first-order valence-electron chi connectivity index (χ1n) is 37.4.